The van der Waals surface area contributed by atoms with Crippen molar-refractivity contribution in [3.63, 3.8) is 0 Å². The molecule has 0 fully saturated rings. The minimum atomic E-state index is -0.398. The molecule has 1 aromatic carbocycles. The first-order valence-electron chi connectivity index (χ1n) is 7.07. The van der Waals surface area contributed by atoms with E-state index < -0.39 is 4.92 Å². The van der Waals surface area contributed by atoms with Crippen LogP contribution in [0.25, 0.3) is 0 Å². The standard InChI is InChI=1S/C15H23N3O3/c1-10(2)9-13(15(19)16-4)17-11(3)12-7-5-6-8-14(12)18(20)21/h5-8,10-11,13,17H,9H2,1-4H3,(H,16,19). The van der Waals surface area contributed by atoms with E-state index in [1.54, 1.807) is 25.2 Å². The van der Waals surface area contributed by atoms with Gasteiger partial charge in [-0.05, 0) is 19.3 Å². The Balaban J connectivity index is 2.94. The normalized spacial score (nSPS) is 13.8. The minimum Gasteiger partial charge on any atom is -0.358 e. The Labute approximate surface area is 125 Å². The molecule has 0 heterocycles. The van der Waals surface area contributed by atoms with E-state index in [2.05, 4.69) is 10.6 Å². The van der Waals surface area contributed by atoms with Crippen molar-refractivity contribution in [2.75, 3.05) is 7.05 Å². The summed E-state index contributed by atoms with van der Waals surface area (Å²) in [6.45, 7) is 5.90. The summed E-state index contributed by atoms with van der Waals surface area (Å²) in [5.41, 5.74) is 0.651. The van der Waals surface area contributed by atoms with Gasteiger partial charge < -0.3 is 5.32 Å². The highest BCUT2D eigenvalue weighted by Gasteiger charge is 2.24. The molecule has 116 valence electrons. The molecule has 1 rings (SSSR count). The Kier molecular flexibility index (Phi) is 6.30. The third-order valence-corrected chi connectivity index (χ3v) is 3.32. The number of rotatable bonds is 7. The Hall–Kier alpha value is -1.95. The highest BCUT2D eigenvalue weighted by molar-refractivity contribution is 5.81. The van der Waals surface area contributed by atoms with Crippen LogP contribution >= 0.6 is 0 Å². The number of hydrogen-bond donors (Lipinski definition) is 2. The van der Waals surface area contributed by atoms with Crippen molar-refractivity contribution in [2.24, 2.45) is 5.92 Å². The average Bonchev–Trinajstić information content (AvgIpc) is 2.45. The zero-order chi connectivity index (χ0) is 16.0. The Morgan fingerprint density at radius 2 is 1.90 bits per heavy atom. The van der Waals surface area contributed by atoms with Gasteiger partial charge in [-0.2, -0.15) is 0 Å². The number of nitro benzene ring substituents is 1. The summed E-state index contributed by atoms with van der Waals surface area (Å²) in [6, 6.07) is 5.94. The molecule has 6 nitrogen and oxygen atoms in total. The first-order chi connectivity index (χ1) is 9.86. The molecule has 2 atom stereocenters. The molecular weight excluding hydrogens is 270 g/mol. The molecule has 0 bridgehead atoms. The van der Waals surface area contributed by atoms with E-state index in [0.29, 0.717) is 17.9 Å². The third-order valence-electron chi connectivity index (χ3n) is 3.32. The maximum absolute atomic E-state index is 11.9. The van der Waals surface area contributed by atoms with Crippen molar-refractivity contribution in [3.8, 4) is 0 Å². The van der Waals surface area contributed by atoms with Gasteiger partial charge in [0.15, 0.2) is 0 Å². The van der Waals surface area contributed by atoms with Gasteiger partial charge in [-0.3, -0.25) is 20.2 Å². The molecule has 0 radical (unpaired) electrons. The number of nitrogens with one attached hydrogen (secondary N) is 2. The van der Waals surface area contributed by atoms with Crippen LogP contribution in [0.2, 0.25) is 0 Å². The summed E-state index contributed by atoms with van der Waals surface area (Å²) in [7, 11) is 1.59. The lowest BCUT2D eigenvalue weighted by Gasteiger charge is -2.23. The van der Waals surface area contributed by atoms with Crippen LogP contribution in [0.3, 0.4) is 0 Å². The number of amides is 1. The van der Waals surface area contributed by atoms with Crippen molar-refractivity contribution >= 4 is 11.6 Å². The Bertz CT molecular complexity index is 503. The number of nitrogens with zero attached hydrogens (tertiary/aromatic N) is 1. The number of hydrogen-bond acceptors (Lipinski definition) is 4. The monoisotopic (exact) mass is 293 g/mol. The molecular formula is C15H23N3O3. The van der Waals surface area contributed by atoms with Crippen LogP contribution < -0.4 is 10.6 Å². The van der Waals surface area contributed by atoms with Crippen LogP contribution in [0.15, 0.2) is 24.3 Å². The first kappa shape index (κ1) is 17.1. The number of carbonyl (C=O) groups is 1. The average molecular weight is 293 g/mol. The molecule has 0 spiro atoms. The van der Waals surface area contributed by atoms with Crippen LogP contribution in [0.4, 0.5) is 5.69 Å². The van der Waals surface area contributed by atoms with Crippen molar-refractivity contribution in [1.82, 2.24) is 10.6 Å². The lowest BCUT2D eigenvalue weighted by atomic mass is 10.00. The van der Waals surface area contributed by atoms with Gasteiger partial charge in [-0.15, -0.1) is 0 Å². The predicted molar refractivity (Wildman–Crippen MR) is 82.0 cm³/mol. The molecule has 6 heteroatoms. The van der Waals surface area contributed by atoms with E-state index >= 15 is 0 Å². The highest BCUT2D eigenvalue weighted by atomic mass is 16.6. The molecule has 0 aliphatic heterocycles. The number of carbonyl (C=O) groups excluding carboxylic acids is 1. The van der Waals surface area contributed by atoms with Crippen LogP contribution in [0, 0.1) is 16.0 Å². The topological polar surface area (TPSA) is 84.3 Å². The van der Waals surface area contributed by atoms with Crippen molar-refractivity contribution < 1.29 is 9.72 Å². The Morgan fingerprint density at radius 3 is 2.43 bits per heavy atom. The molecule has 0 aliphatic rings. The maximum atomic E-state index is 11.9. The molecule has 0 aromatic heterocycles. The summed E-state index contributed by atoms with van der Waals surface area (Å²) in [6.07, 6.45) is 0.671. The molecule has 0 saturated carbocycles. The van der Waals surface area contributed by atoms with Crippen LogP contribution in [0.1, 0.15) is 38.8 Å². The molecule has 0 saturated heterocycles. The van der Waals surface area contributed by atoms with Gasteiger partial charge in [-0.25, -0.2) is 0 Å². The van der Waals surface area contributed by atoms with Gasteiger partial charge in [0.1, 0.15) is 0 Å². The van der Waals surface area contributed by atoms with Crippen LogP contribution in [0.5, 0.6) is 0 Å². The summed E-state index contributed by atoms with van der Waals surface area (Å²) in [5, 5.41) is 16.9. The summed E-state index contributed by atoms with van der Waals surface area (Å²) < 4.78 is 0. The number of nitro groups is 1. The fraction of sp³-hybridized carbons (Fsp3) is 0.533. The lowest BCUT2D eigenvalue weighted by molar-refractivity contribution is -0.385. The van der Waals surface area contributed by atoms with Crippen molar-refractivity contribution in [3.05, 3.63) is 39.9 Å². The van der Waals surface area contributed by atoms with Crippen LogP contribution in [-0.4, -0.2) is 23.9 Å². The molecule has 2 unspecified atom stereocenters. The smallest absolute Gasteiger partial charge is 0.274 e. The number of benzene rings is 1. The zero-order valence-electron chi connectivity index (χ0n) is 12.9. The summed E-state index contributed by atoms with van der Waals surface area (Å²) >= 11 is 0. The van der Waals surface area contributed by atoms with E-state index in [0.717, 1.165) is 0 Å². The van der Waals surface area contributed by atoms with Gasteiger partial charge in [0.05, 0.1) is 11.0 Å². The van der Waals surface area contributed by atoms with Gasteiger partial charge in [-0.1, -0.05) is 32.0 Å². The second-order valence-electron chi connectivity index (χ2n) is 5.50. The fourth-order valence-electron chi connectivity index (χ4n) is 2.31. The number of likely N-dealkylation sites (N-methyl/N-ethyl adjacent to an activating group) is 1. The fourth-order valence-corrected chi connectivity index (χ4v) is 2.31. The predicted octanol–water partition coefficient (Wildman–Crippen LogP) is 2.41. The lowest BCUT2D eigenvalue weighted by Crippen LogP contribution is -2.44. The van der Waals surface area contributed by atoms with E-state index in [-0.39, 0.29) is 23.7 Å². The minimum absolute atomic E-state index is 0.0673. The largest absolute Gasteiger partial charge is 0.358 e. The van der Waals surface area contributed by atoms with E-state index in [4.69, 9.17) is 0 Å². The zero-order valence-corrected chi connectivity index (χ0v) is 12.9. The molecule has 1 amide bonds. The van der Waals surface area contributed by atoms with Gasteiger partial charge >= 0.3 is 0 Å². The van der Waals surface area contributed by atoms with Crippen molar-refractivity contribution in [2.45, 2.75) is 39.3 Å². The van der Waals surface area contributed by atoms with E-state index in [9.17, 15) is 14.9 Å². The van der Waals surface area contributed by atoms with Crippen molar-refractivity contribution in [1.29, 1.82) is 0 Å². The highest BCUT2D eigenvalue weighted by Crippen LogP contribution is 2.25. The molecule has 0 aliphatic carbocycles. The van der Waals surface area contributed by atoms with Gasteiger partial charge in [0.2, 0.25) is 5.91 Å². The molecule has 2 N–H and O–H groups in total. The second-order valence-corrected chi connectivity index (χ2v) is 5.50. The summed E-state index contributed by atoms with van der Waals surface area (Å²) in [5.74, 6) is 0.242. The molecule has 1 aromatic rings. The maximum Gasteiger partial charge on any atom is 0.274 e. The SMILES string of the molecule is CNC(=O)C(CC(C)C)NC(C)c1ccccc1[N+](=O)[O-]. The first-order valence-corrected chi connectivity index (χ1v) is 7.07. The summed E-state index contributed by atoms with van der Waals surface area (Å²) in [4.78, 5) is 22.6. The number of para-hydroxylation sites is 1. The third kappa shape index (κ3) is 4.82. The second kappa shape index (κ2) is 7.73. The van der Waals surface area contributed by atoms with Crippen LogP contribution in [-0.2, 0) is 4.79 Å². The molecule has 21 heavy (non-hydrogen) atoms. The quantitative estimate of drug-likeness (QED) is 0.597. The van der Waals surface area contributed by atoms with Gasteiger partial charge in [0.25, 0.3) is 5.69 Å². The van der Waals surface area contributed by atoms with E-state index in [1.165, 1.54) is 6.07 Å². The van der Waals surface area contributed by atoms with Gasteiger partial charge in [0, 0.05) is 24.7 Å². The Morgan fingerprint density at radius 1 is 1.29 bits per heavy atom. The van der Waals surface area contributed by atoms with E-state index in [1.807, 2.05) is 20.8 Å².